The first kappa shape index (κ1) is 22.1. The van der Waals surface area contributed by atoms with Gasteiger partial charge in [-0.05, 0) is 59.4 Å². The van der Waals surface area contributed by atoms with Crippen LogP contribution in [-0.4, -0.2) is 6.29 Å². The van der Waals surface area contributed by atoms with Crippen LogP contribution in [0.25, 0.3) is 22.3 Å². The quantitative estimate of drug-likeness (QED) is 0.208. The molecule has 3 rings (SSSR count). The summed E-state index contributed by atoms with van der Waals surface area (Å²) >= 11 is 0. The van der Waals surface area contributed by atoms with Crippen LogP contribution in [0.15, 0.2) is 79.4 Å². The number of benzene rings is 3. The number of aldehydes is 1. The minimum atomic E-state index is -0.288. The maximum Gasteiger partial charge on any atom is 0.142 e. The van der Waals surface area contributed by atoms with E-state index in [4.69, 9.17) is 10.5 Å². The number of rotatable bonds is 7. The molecule has 3 aromatic carbocycles. The topological polar surface area (TPSA) is 43.1 Å². The number of carbonyl (C=O) groups excluding carboxylic acids is 1. The largest absolute Gasteiger partial charge is 0.399 e. The fourth-order valence-corrected chi connectivity index (χ4v) is 3.05. The number of allylic oxidation sites excluding steroid dienone is 1. The molecule has 0 atom stereocenters. The van der Waals surface area contributed by atoms with E-state index in [1.807, 2.05) is 24.3 Å². The molecule has 2 N–H and O–H groups in total. The average Bonchev–Trinajstić information content (AvgIpc) is 2.75. The summed E-state index contributed by atoms with van der Waals surface area (Å²) in [6, 6.07) is 21.6. The number of nitrogen functional groups attached to an aromatic ring is 1. The van der Waals surface area contributed by atoms with Gasteiger partial charge in [-0.2, -0.15) is 0 Å². The third-order valence-electron chi connectivity index (χ3n) is 4.64. The van der Waals surface area contributed by atoms with Gasteiger partial charge in [0.05, 0.1) is 0 Å². The molecule has 0 aliphatic heterocycles. The molecule has 0 fully saturated rings. The molecule has 2 nitrogen and oxygen atoms in total. The van der Waals surface area contributed by atoms with Crippen molar-refractivity contribution in [3.8, 4) is 22.3 Å². The van der Waals surface area contributed by atoms with Crippen LogP contribution in [0.4, 0.5) is 10.1 Å². The Morgan fingerprint density at radius 1 is 0.897 bits per heavy atom. The molecule has 0 heterocycles. The highest BCUT2D eigenvalue weighted by Gasteiger charge is 2.06. The number of carbonyl (C=O) groups is 1. The monoisotopic (exact) mass is 389 g/mol. The zero-order chi connectivity index (χ0) is 21.1. The van der Waals surface area contributed by atoms with E-state index in [1.165, 1.54) is 42.5 Å². The number of hydrogen-bond donors (Lipinski definition) is 1. The highest BCUT2D eigenvalue weighted by Crippen LogP contribution is 2.28. The summed E-state index contributed by atoms with van der Waals surface area (Å²) in [4.78, 5) is 9.06. The molecule has 0 saturated heterocycles. The molecule has 0 amide bonds. The lowest BCUT2D eigenvalue weighted by Gasteiger charge is -2.08. The Bertz CT molecular complexity index is 908. The lowest BCUT2D eigenvalue weighted by Crippen LogP contribution is -1.89. The molecule has 0 aromatic heterocycles. The predicted octanol–water partition coefficient (Wildman–Crippen LogP) is 6.85. The minimum absolute atomic E-state index is 0.288. The molecule has 3 heteroatoms. The second kappa shape index (κ2) is 11.6. The molecule has 0 bridgehead atoms. The molecule has 0 aliphatic carbocycles. The summed E-state index contributed by atoms with van der Waals surface area (Å²) in [5.74, 6) is -0.288. The van der Waals surface area contributed by atoms with Crippen molar-refractivity contribution in [3.05, 3.63) is 90.8 Å². The van der Waals surface area contributed by atoms with Crippen LogP contribution in [0.5, 0.6) is 0 Å². The van der Waals surface area contributed by atoms with E-state index >= 15 is 0 Å². The Morgan fingerprint density at radius 3 is 1.97 bits per heavy atom. The van der Waals surface area contributed by atoms with Crippen molar-refractivity contribution in [2.75, 3.05) is 5.73 Å². The standard InChI is InChI=1S/C23H24FN.C3H4O/c1-2-3-4-5-17-6-8-18(9-7-17)19-10-12-20(13-11-19)22-15-14-21(25)16-23(22)24;1-2-3-4/h6-16H,2-5,25H2,1H3;2-3H,1H2. The van der Waals surface area contributed by atoms with Crippen molar-refractivity contribution < 1.29 is 9.18 Å². The zero-order valence-electron chi connectivity index (χ0n) is 16.9. The van der Waals surface area contributed by atoms with Crippen LogP contribution < -0.4 is 5.73 Å². The Hall–Kier alpha value is -3.20. The van der Waals surface area contributed by atoms with Crippen LogP contribution in [0.1, 0.15) is 31.7 Å². The van der Waals surface area contributed by atoms with E-state index in [1.54, 1.807) is 12.1 Å². The summed E-state index contributed by atoms with van der Waals surface area (Å²) in [5.41, 5.74) is 11.2. The molecule has 3 aromatic rings. The molecular weight excluding hydrogens is 361 g/mol. The second-order valence-electron chi connectivity index (χ2n) is 6.84. The van der Waals surface area contributed by atoms with Crippen LogP contribution in [0.2, 0.25) is 0 Å². The smallest absolute Gasteiger partial charge is 0.142 e. The van der Waals surface area contributed by atoms with Gasteiger partial charge in [0.2, 0.25) is 0 Å². The van der Waals surface area contributed by atoms with Gasteiger partial charge in [-0.3, -0.25) is 4.79 Å². The van der Waals surface area contributed by atoms with Gasteiger partial charge in [0.25, 0.3) is 0 Å². The van der Waals surface area contributed by atoms with Crippen molar-refractivity contribution in [2.24, 2.45) is 0 Å². The normalized spacial score (nSPS) is 10.0. The number of hydrogen-bond acceptors (Lipinski definition) is 2. The molecule has 150 valence electrons. The van der Waals surface area contributed by atoms with Crippen LogP contribution in [-0.2, 0) is 11.2 Å². The van der Waals surface area contributed by atoms with Gasteiger partial charge < -0.3 is 5.73 Å². The summed E-state index contributed by atoms with van der Waals surface area (Å²) in [5, 5.41) is 0. The molecular formula is C26H28FNO. The van der Waals surface area contributed by atoms with Gasteiger partial charge in [-0.15, -0.1) is 0 Å². The molecule has 29 heavy (non-hydrogen) atoms. The van der Waals surface area contributed by atoms with Crippen molar-refractivity contribution >= 4 is 12.0 Å². The Morgan fingerprint density at radius 2 is 1.45 bits per heavy atom. The lowest BCUT2D eigenvalue weighted by atomic mass is 9.98. The van der Waals surface area contributed by atoms with Gasteiger partial charge in [0.15, 0.2) is 0 Å². The summed E-state index contributed by atoms with van der Waals surface area (Å²) in [7, 11) is 0. The van der Waals surface area contributed by atoms with Crippen LogP contribution in [0.3, 0.4) is 0 Å². The Kier molecular flexibility index (Phi) is 8.84. The summed E-state index contributed by atoms with van der Waals surface area (Å²) in [6.07, 6.45) is 6.76. The Balaban J connectivity index is 0.000000687. The maximum atomic E-state index is 14.1. The van der Waals surface area contributed by atoms with Gasteiger partial charge in [0.1, 0.15) is 12.1 Å². The number of unbranched alkanes of at least 4 members (excludes halogenated alkanes) is 2. The maximum absolute atomic E-state index is 14.1. The van der Waals surface area contributed by atoms with Gasteiger partial charge in [-0.25, -0.2) is 4.39 Å². The van der Waals surface area contributed by atoms with E-state index < -0.39 is 0 Å². The van der Waals surface area contributed by atoms with Crippen molar-refractivity contribution in [3.63, 3.8) is 0 Å². The highest BCUT2D eigenvalue weighted by molar-refractivity contribution is 5.71. The molecule has 0 unspecified atom stereocenters. The van der Waals surface area contributed by atoms with Gasteiger partial charge in [0, 0.05) is 11.3 Å². The second-order valence-corrected chi connectivity index (χ2v) is 6.84. The van der Waals surface area contributed by atoms with Crippen LogP contribution >= 0.6 is 0 Å². The number of halogens is 1. The lowest BCUT2D eigenvalue weighted by molar-refractivity contribution is -0.104. The zero-order valence-corrected chi connectivity index (χ0v) is 16.9. The van der Waals surface area contributed by atoms with E-state index in [9.17, 15) is 4.39 Å². The minimum Gasteiger partial charge on any atom is -0.399 e. The van der Waals surface area contributed by atoms with Crippen LogP contribution in [0, 0.1) is 5.82 Å². The fourth-order valence-electron chi connectivity index (χ4n) is 3.05. The number of anilines is 1. The van der Waals surface area contributed by atoms with E-state index in [2.05, 4.69) is 37.8 Å². The first-order chi connectivity index (χ1) is 14.1. The highest BCUT2D eigenvalue weighted by atomic mass is 19.1. The molecule has 0 saturated carbocycles. The Labute approximate surface area is 172 Å². The van der Waals surface area contributed by atoms with E-state index in [0.717, 1.165) is 17.5 Å². The first-order valence-electron chi connectivity index (χ1n) is 9.90. The molecule has 0 spiro atoms. The molecule has 0 aliphatic rings. The van der Waals surface area contributed by atoms with Crippen molar-refractivity contribution in [1.82, 2.24) is 0 Å². The van der Waals surface area contributed by atoms with E-state index in [-0.39, 0.29) is 5.82 Å². The predicted molar refractivity (Wildman–Crippen MR) is 121 cm³/mol. The summed E-state index contributed by atoms with van der Waals surface area (Å²) in [6.45, 7) is 5.34. The summed E-state index contributed by atoms with van der Waals surface area (Å²) < 4.78 is 14.1. The SMILES string of the molecule is C=CC=O.CCCCCc1ccc(-c2ccc(-c3ccc(N)cc3F)cc2)cc1. The number of nitrogens with two attached hydrogens (primary N) is 1. The first-order valence-corrected chi connectivity index (χ1v) is 9.90. The average molecular weight is 390 g/mol. The van der Waals surface area contributed by atoms with E-state index in [0.29, 0.717) is 17.5 Å². The number of aryl methyl sites for hydroxylation is 1. The van der Waals surface area contributed by atoms with Gasteiger partial charge >= 0.3 is 0 Å². The van der Waals surface area contributed by atoms with Crippen molar-refractivity contribution in [2.45, 2.75) is 32.6 Å². The van der Waals surface area contributed by atoms with Crippen molar-refractivity contribution in [1.29, 1.82) is 0 Å². The third-order valence-corrected chi connectivity index (χ3v) is 4.64. The van der Waals surface area contributed by atoms with Gasteiger partial charge in [-0.1, -0.05) is 74.9 Å². The molecule has 0 radical (unpaired) electrons. The third kappa shape index (κ3) is 6.72. The fraction of sp³-hybridized carbons (Fsp3) is 0.192.